The van der Waals surface area contributed by atoms with Gasteiger partial charge in [0.25, 0.3) is 0 Å². The summed E-state index contributed by atoms with van der Waals surface area (Å²) >= 11 is 0. The molecule has 0 aliphatic rings. The highest BCUT2D eigenvalue weighted by Crippen LogP contribution is 2.25. The summed E-state index contributed by atoms with van der Waals surface area (Å²) in [6, 6.07) is 6.39. The zero-order chi connectivity index (χ0) is 30.2. The molecule has 0 aromatic heterocycles. The first-order valence-electron chi connectivity index (χ1n) is 14.3. The Hall–Kier alpha value is -3.68. The lowest BCUT2D eigenvalue weighted by atomic mass is 9.90. The van der Waals surface area contributed by atoms with Gasteiger partial charge in [0, 0.05) is 0 Å². The average molecular weight is 557 g/mol. The largest absolute Gasteiger partial charge is 0.478 e. The summed E-state index contributed by atoms with van der Waals surface area (Å²) in [6.07, 6.45) is 10.5. The lowest BCUT2D eigenvalue weighted by molar-refractivity contribution is 0.0650. The van der Waals surface area contributed by atoms with Crippen molar-refractivity contribution < 1.29 is 39.6 Å². The molecular formula is C32H44O8. The Kier molecular flexibility index (Phi) is 15.3. The standard InChI is InChI=1S/2C16H22O4/c2*1-3-5-7-11-9-10-13(15(17)18)14(16(19)20)12(11)8-6-4-2/h2*9-10H,3-8H2,1-2H3,(H,17,18)(H,19,20). The monoisotopic (exact) mass is 556 g/mol. The zero-order valence-corrected chi connectivity index (χ0v) is 24.2. The van der Waals surface area contributed by atoms with E-state index in [1.165, 1.54) is 12.1 Å². The van der Waals surface area contributed by atoms with Crippen LogP contribution in [-0.4, -0.2) is 44.3 Å². The van der Waals surface area contributed by atoms with Crippen LogP contribution in [0.25, 0.3) is 0 Å². The predicted molar refractivity (Wildman–Crippen MR) is 155 cm³/mol. The van der Waals surface area contributed by atoms with Crippen LogP contribution in [0.5, 0.6) is 0 Å². The number of hydrogen-bond acceptors (Lipinski definition) is 4. The van der Waals surface area contributed by atoms with E-state index in [2.05, 4.69) is 13.8 Å². The molecule has 0 bridgehead atoms. The van der Waals surface area contributed by atoms with Gasteiger partial charge in [0.15, 0.2) is 0 Å². The van der Waals surface area contributed by atoms with E-state index in [0.29, 0.717) is 24.0 Å². The third-order valence-electron chi connectivity index (χ3n) is 6.87. The van der Waals surface area contributed by atoms with Gasteiger partial charge in [-0.25, -0.2) is 19.2 Å². The van der Waals surface area contributed by atoms with Crippen LogP contribution in [0.3, 0.4) is 0 Å². The van der Waals surface area contributed by atoms with E-state index in [9.17, 15) is 29.4 Å². The summed E-state index contributed by atoms with van der Waals surface area (Å²) in [7, 11) is 0. The first kappa shape index (κ1) is 34.3. The molecule has 220 valence electrons. The second-order valence-electron chi connectivity index (χ2n) is 9.89. The Morgan fingerprint density at radius 2 is 0.775 bits per heavy atom. The number of aryl methyl sites for hydroxylation is 2. The van der Waals surface area contributed by atoms with E-state index in [4.69, 9.17) is 10.2 Å². The SMILES string of the molecule is CCCCc1ccc(C(=O)O)c(C(=O)O)c1CCCC.CCCCc1ccc(C(=O)O)c(C(=O)O)c1CCCC. The number of carboxylic acid groups (broad SMARTS) is 4. The van der Waals surface area contributed by atoms with Gasteiger partial charge >= 0.3 is 23.9 Å². The first-order chi connectivity index (χ1) is 19.0. The molecule has 0 saturated carbocycles. The minimum atomic E-state index is -1.18. The van der Waals surface area contributed by atoms with Crippen molar-refractivity contribution in [2.24, 2.45) is 0 Å². The van der Waals surface area contributed by atoms with Crippen molar-refractivity contribution >= 4 is 23.9 Å². The van der Waals surface area contributed by atoms with Crippen LogP contribution in [0.4, 0.5) is 0 Å². The summed E-state index contributed by atoms with van der Waals surface area (Å²) in [5.74, 6) is -4.65. The summed E-state index contributed by atoms with van der Waals surface area (Å²) < 4.78 is 0. The fraction of sp³-hybridized carbons (Fsp3) is 0.500. The normalized spacial score (nSPS) is 10.5. The maximum atomic E-state index is 11.5. The molecule has 0 unspecified atom stereocenters. The van der Waals surface area contributed by atoms with Crippen molar-refractivity contribution in [3.63, 3.8) is 0 Å². The maximum absolute atomic E-state index is 11.5. The van der Waals surface area contributed by atoms with E-state index in [1.54, 1.807) is 12.1 Å². The molecule has 0 radical (unpaired) electrons. The molecule has 4 N–H and O–H groups in total. The lowest BCUT2D eigenvalue weighted by Crippen LogP contribution is -2.14. The summed E-state index contributed by atoms with van der Waals surface area (Å²) in [5.41, 5.74) is 3.08. The van der Waals surface area contributed by atoms with Crippen LogP contribution in [0.1, 0.15) is 143 Å². The Labute approximate surface area is 237 Å². The second kappa shape index (κ2) is 17.8. The third-order valence-corrected chi connectivity index (χ3v) is 6.87. The lowest BCUT2D eigenvalue weighted by Gasteiger charge is -2.14. The number of benzene rings is 2. The molecule has 0 aliphatic heterocycles. The highest BCUT2D eigenvalue weighted by Gasteiger charge is 2.23. The van der Waals surface area contributed by atoms with Crippen molar-refractivity contribution in [3.05, 3.63) is 68.8 Å². The molecule has 0 fully saturated rings. The fourth-order valence-corrected chi connectivity index (χ4v) is 4.71. The average Bonchev–Trinajstić information content (AvgIpc) is 2.92. The fourth-order valence-electron chi connectivity index (χ4n) is 4.71. The summed E-state index contributed by atoms with van der Waals surface area (Å²) in [6.45, 7) is 8.23. The molecule has 0 atom stereocenters. The minimum absolute atomic E-state index is 0.0282. The summed E-state index contributed by atoms with van der Waals surface area (Å²) in [4.78, 5) is 45.4. The van der Waals surface area contributed by atoms with Gasteiger partial charge in [-0.05, 0) is 85.8 Å². The van der Waals surface area contributed by atoms with Crippen molar-refractivity contribution in [1.82, 2.24) is 0 Å². The minimum Gasteiger partial charge on any atom is -0.478 e. The molecule has 8 nitrogen and oxygen atoms in total. The number of rotatable bonds is 16. The van der Waals surface area contributed by atoms with Crippen LogP contribution >= 0.6 is 0 Å². The van der Waals surface area contributed by atoms with Crippen molar-refractivity contribution in [3.8, 4) is 0 Å². The van der Waals surface area contributed by atoms with Crippen molar-refractivity contribution in [2.75, 3.05) is 0 Å². The molecule has 2 aromatic carbocycles. The van der Waals surface area contributed by atoms with Crippen LogP contribution in [0.15, 0.2) is 24.3 Å². The Morgan fingerprint density at radius 3 is 1.02 bits per heavy atom. The highest BCUT2D eigenvalue weighted by atomic mass is 16.4. The maximum Gasteiger partial charge on any atom is 0.336 e. The van der Waals surface area contributed by atoms with E-state index < -0.39 is 23.9 Å². The smallest absolute Gasteiger partial charge is 0.336 e. The van der Waals surface area contributed by atoms with Gasteiger partial charge in [-0.1, -0.05) is 65.5 Å². The molecular weight excluding hydrogens is 512 g/mol. The van der Waals surface area contributed by atoms with Gasteiger partial charge in [-0.2, -0.15) is 0 Å². The quantitative estimate of drug-likeness (QED) is 0.166. The van der Waals surface area contributed by atoms with Crippen LogP contribution < -0.4 is 0 Å². The van der Waals surface area contributed by atoms with Gasteiger partial charge in [-0.15, -0.1) is 0 Å². The third kappa shape index (κ3) is 9.81. The molecule has 40 heavy (non-hydrogen) atoms. The molecule has 0 saturated heterocycles. The van der Waals surface area contributed by atoms with Gasteiger partial charge in [0.05, 0.1) is 22.3 Å². The van der Waals surface area contributed by atoms with Gasteiger partial charge in [0.1, 0.15) is 0 Å². The molecule has 0 heterocycles. The Bertz CT molecular complexity index is 1070. The molecule has 2 rings (SSSR count). The van der Waals surface area contributed by atoms with Gasteiger partial charge < -0.3 is 20.4 Å². The second-order valence-corrected chi connectivity index (χ2v) is 9.89. The van der Waals surface area contributed by atoms with E-state index in [0.717, 1.165) is 75.3 Å². The van der Waals surface area contributed by atoms with E-state index in [1.807, 2.05) is 13.8 Å². The topological polar surface area (TPSA) is 149 Å². The predicted octanol–water partition coefficient (Wildman–Crippen LogP) is 7.54. The number of hydrogen-bond donors (Lipinski definition) is 4. The number of carbonyl (C=O) groups is 4. The molecule has 0 amide bonds. The number of carboxylic acids is 4. The first-order valence-corrected chi connectivity index (χ1v) is 14.3. The number of unbranched alkanes of at least 4 members (excludes halogenated alkanes) is 4. The highest BCUT2D eigenvalue weighted by molar-refractivity contribution is 6.03. The van der Waals surface area contributed by atoms with E-state index >= 15 is 0 Å². The Morgan fingerprint density at radius 1 is 0.475 bits per heavy atom. The summed E-state index contributed by atoms with van der Waals surface area (Å²) in [5, 5.41) is 37.1. The molecule has 8 heteroatoms. The van der Waals surface area contributed by atoms with Crippen LogP contribution in [0, 0.1) is 0 Å². The van der Waals surface area contributed by atoms with E-state index in [-0.39, 0.29) is 22.3 Å². The Balaban J connectivity index is 0.000000400. The van der Waals surface area contributed by atoms with Crippen LogP contribution in [0.2, 0.25) is 0 Å². The van der Waals surface area contributed by atoms with Gasteiger partial charge in [-0.3, -0.25) is 0 Å². The van der Waals surface area contributed by atoms with Crippen molar-refractivity contribution in [1.29, 1.82) is 0 Å². The number of aromatic carboxylic acids is 4. The van der Waals surface area contributed by atoms with Crippen molar-refractivity contribution in [2.45, 2.75) is 105 Å². The van der Waals surface area contributed by atoms with Crippen LogP contribution in [-0.2, 0) is 25.7 Å². The zero-order valence-electron chi connectivity index (χ0n) is 24.2. The van der Waals surface area contributed by atoms with Gasteiger partial charge in [0.2, 0.25) is 0 Å². The molecule has 0 aliphatic carbocycles. The molecule has 2 aromatic rings. The molecule has 0 spiro atoms.